The number of hydrogen-bond acceptors (Lipinski definition) is 6. The van der Waals surface area contributed by atoms with Gasteiger partial charge < -0.3 is 31.9 Å². The molecule has 0 aromatic heterocycles. The summed E-state index contributed by atoms with van der Waals surface area (Å²) in [4.78, 5) is 59.3. The Balaban J connectivity index is 5.33. The zero-order valence-electron chi connectivity index (χ0n) is 18.1. The molecule has 172 valence electrons. The number of hydrogen-bond donors (Lipinski definition) is 6. The van der Waals surface area contributed by atoms with E-state index in [9.17, 15) is 24.0 Å². The summed E-state index contributed by atoms with van der Waals surface area (Å²) in [6.07, 6.45) is -0.200. The normalized spacial score (nSPS) is 15.1. The van der Waals surface area contributed by atoms with Crippen LogP contribution in [0.25, 0.3) is 0 Å². The molecule has 11 nitrogen and oxygen atoms in total. The molecule has 7 N–H and O–H groups in total. The molecule has 0 fully saturated rings. The van der Waals surface area contributed by atoms with E-state index in [0.29, 0.717) is 6.42 Å². The summed E-state index contributed by atoms with van der Waals surface area (Å²) < 4.78 is 0. The molecular weight excluding hydrogens is 396 g/mol. The molecule has 0 aliphatic rings. The fraction of sp³-hybridized carbons (Fsp3) is 0.737. The molecule has 4 atom stereocenters. The fourth-order valence-corrected chi connectivity index (χ4v) is 2.58. The average Bonchev–Trinajstić information content (AvgIpc) is 2.61. The lowest BCUT2D eigenvalue weighted by Gasteiger charge is -2.26. The number of carboxylic acid groups (broad SMARTS) is 2. The molecule has 0 heterocycles. The largest absolute Gasteiger partial charge is 0.481 e. The number of carboxylic acids is 2. The summed E-state index contributed by atoms with van der Waals surface area (Å²) in [5, 5.41) is 25.1. The van der Waals surface area contributed by atoms with Crippen molar-refractivity contribution in [2.24, 2.45) is 17.6 Å². The quantitative estimate of drug-likeness (QED) is 0.224. The predicted octanol–water partition coefficient (Wildman–Crippen LogP) is -0.560. The van der Waals surface area contributed by atoms with E-state index in [2.05, 4.69) is 16.0 Å². The maximum atomic E-state index is 12.7. The summed E-state index contributed by atoms with van der Waals surface area (Å²) >= 11 is 0. The van der Waals surface area contributed by atoms with Crippen LogP contribution >= 0.6 is 0 Å². The van der Waals surface area contributed by atoms with Crippen molar-refractivity contribution >= 4 is 29.7 Å². The van der Waals surface area contributed by atoms with Gasteiger partial charge in [-0.1, -0.05) is 27.7 Å². The second-order valence-corrected chi connectivity index (χ2v) is 8.03. The Hall–Kier alpha value is -2.69. The molecule has 0 aromatic carbocycles. The summed E-state index contributed by atoms with van der Waals surface area (Å²) in [6, 6.07) is -4.32. The van der Waals surface area contributed by atoms with Gasteiger partial charge in [0, 0.05) is 6.42 Å². The highest BCUT2D eigenvalue weighted by molar-refractivity contribution is 5.94. The molecule has 0 saturated heterocycles. The van der Waals surface area contributed by atoms with Gasteiger partial charge in [0.05, 0.1) is 6.04 Å². The zero-order chi connectivity index (χ0) is 23.6. The minimum Gasteiger partial charge on any atom is -0.481 e. The van der Waals surface area contributed by atoms with Gasteiger partial charge in [-0.3, -0.25) is 24.0 Å². The summed E-state index contributed by atoms with van der Waals surface area (Å²) in [5.41, 5.74) is 5.82. The molecule has 0 aliphatic carbocycles. The lowest BCUT2D eigenvalue weighted by Crippen LogP contribution is -2.58. The van der Waals surface area contributed by atoms with Crippen molar-refractivity contribution in [3.8, 4) is 0 Å². The summed E-state index contributed by atoms with van der Waals surface area (Å²) in [5.74, 6) is -4.69. The average molecular weight is 431 g/mol. The molecular formula is C19H34N4O7. The SMILES string of the molecule is CC(C)CC(N)C(=O)NC(CCC(=O)O)C(=O)NC(C(=O)NC(C)C(=O)O)C(C)C. The van der Waals surface area contributed by atoms with E-state index in [1.165, 1.54) is 6.92 Å². The lowest BCUT2D eigenvalue weighted by atomic mass is 10.0. The molecule has 0 aromatic rings. The van der Waals surface area contributed by atoms with Gasteiger partial charge in [-0.2, -0.15) is 0 Å². The molecule has 4 unspecified atom stereocenters. The Bertz CT molecular complexity index is 636. The third-order valence-electron chi connectivity index (χ3n) is 4.32. The van der Waals surface area contributed by atoms with Gasteiger partial charge in [-0.05, 0) is 31.6 Å². The standard InChI is InChI=1S/C19H34N4O7/c1-9(2)8-12(20)16(26)22-13(6-7-14(24)25)17(27)23-15(10(3)4)18(28)21-11(5)19(29)30/h9-13,15H,6-8,20H2,1-5H3,(H,21,28)(H,22,26)(H,23,27)(H,24,25)(H,29,30). The topological polar surface area (TPSA) is 188 Å². The van der Waals surface area contributed by atoms with E-state index in [-0.39, 0.29) is 18.8 Å². The first-order valence-electron chi connectivity index (χ1n) is 9.87. The Kier molecular flexibility index (Phi) is 11.6. The van der Waals surface area contributed by atoms with Crippen molar-refractivity contribution in [2.45, 2.75) is 78.0 Å². The Morgan fingerprint density at radius 2 is 1.40 bits per heavy atom. The first kappa shape index (κ1) is 27.3. The Morgan fingerprint density at radius 3 is 1.83 bits per heavy atom. The number of aliphatic carboxylic acids is 2. The van der Waals surface area contributed by atoms with Crippen LogP contribution in [-0.2, 0) is 24.0 Å². The second-order valence-electron chi connectivity index (χ2n) is 8.03. The molecule has 3 amide bonds. The van der Waals surface area contributed by atoms with Gasteiger partial charge in [0.1, 0.15) is 18.1 Å². The number of carbonyl (C=O) groups is 5. The van der Waals surface area contributed by atoms with Crippen molar-refractivity contribution in [1.82, 2.24) is 16.0 Å². The molecule has 0 spiro atoms. The predicted molar refractivity (Wildman–Crippen MR) is 108 cm³/mol. The molecule has 11 heteroatoms. The molecule has 0 aliphatic heterocycles. The number of nitrogens with two attached hydrogens (primary N) is 1. The van der Waals surface area contributed by atoms with Crippen LogP contribution in [0, 0.1) is 11.8 Å². The maximum absolute atomic E-state index is 12.7. The first-order valence-corrected chi connectivity index (χ1v) is 9.87. The highest BCUT2D eigenvalue weighted by atomic mass is 16.4. The molecule has 30 heavy (non-hydrogen) atoms. The third-order valence-corrected chi connectivity index (χ3v) is 4.32. The van der Waals surface area contributed by atoms with E-state index >= 15 is 0 Å². The minimum absolute atomic E-state index is 0.141. The fourth-order valence-electron chi connectivity index (χ4n) is 2.58. The second kappa shape index (κ2) is 12.8. The lowest BCUT2D eigenvalue weighted by molar-refractivity contribution is -0.142. The number of carbonyl (C=O) groups excluding carboxylic acids is 3. The van der Waals surface area contributed by atoms with Gasteiger partial charge in [-0.15, -0.1) is 0 Å². The number of nitrogens with one attached hydrogen (secondary N) is 3. The summed E-state index contributed by atoms with van der Waals surface area (Å²) in [7, 11) is 0. The smallest absolute Gasteiger partial charge is 0.325 e. The van der Waals surface area contributed by atoms with E-state index in [1.54, 1.807) is 13.8 Å². The van der Waals surface area contributed by atoms with Crippen LogP contribution in [0.2, 0.25) is 0 Å². The minimum atomic E-state index is -1.23. The van der Waals surface area contributed by atoms with Crippen molar-refractivity contribution in [3.63, 3.8) is 0 Å². The Labute approximate surface area is 176 Å². The van der Waals surface area contributed by atoms with Crippen LogP contribution in [0.1, 0.15) is 53.9 Å². The van der Waals surface area contributed by atoms with Gasteiger partial charge >= 0.3 is 11.9 Å². The molecule has 0 saturated carbocycles. The molecule has 0 rings (SSSR count). The van der Waals surface area contributed by atoms with E-state index in [1.807, 2.05) is 13.8 Å². The van der Waals surface area contributed by atoms with Gasteiger partial charge in [0.2, 0.25) is 17.7 Å². The Morgan fingerprint density at radius 1 is 0.833 bits per heavy atom. The van der Waals surface area contributed by atoms with Crippen LogP contribution in [-0.4, -0.2) is 64.0 Å². The third kappa shape index (κ3) is 10.2. The highest BCUT2D eigenvalue weighted by Crippen LogP contribution is 2.07. The van der Waals surface area contributed by atoms with E-state index < -0.39 is 59.7 Å². The number of rotatable bonds is 13. The van der Waals surface area contributed by atoms with Crippen LogP contribution in [0.3, 0.4) is 0 Å². The monoisotopic (exact) mass is 430 g/mol. The van der Waals surface area contributed by atoms with Crippen LogP contribution in [0.15, 0.2) is 0 Å². The number of amides is 3. The van der Waals surface area contributed by atoms with Crippen molar-refractivity contribution in [1.29, 1.82) is 0 Å². The van der Waals surface area contributed by atoms with Crippen molar-refractivity contribution < 1.29 is 34.2 Å². The van der Waals surface area contributed by atoms with Gasteiger partial charge in [0.25, 0.3) is 0 Å². The van der Waals surface area contributed by atoms with Crippen molar-refractivity contribution in [2.75, 3.05) is 0 Å². The van der Waals surface area contributed by atoms with Crippen LogP contribution in [0.5, 0.6) is 0 Å². The molecule has 0 bridgehead atoms. The summed E-state index contributed by atoms with van der Waals surface area (Å²) in [6.45, 7) is 8.35. The van der Waals surface area contributed by atoms with E-state index in [4.69, 9.17) is 15.9 Å². The van der Waals surface area contributed by atoms with Crippen LogP contribution in [0.4, 0.5) is 0 Å². The zero-order valence-corrected chi connectivity index (χ0v) is 18.1. The maximum Gasteiger partial charge on any atom is 0.325 e. The first-order chi connectivity index (χ1) is 13.8. The highest BCUT2D eigenvalue weighted by Gasteiger charge is 2.31. The van der Waals surface area contributed by atoms with Gasteiger partial charge in [0.15, 0.2) is 0 Å². The van der Waals surface area contributed by atoms with E-state index in [0.717, 1.165) is 0 Å². The van der Waals surface area contributed by atoms with Gasteiger partial charge in [-0.25, -0.2) is 0 Å². The van der Waals surface area contributed by atoms with Crippen molar-refractivity contribution in [3.05, 3.63) is 0 Å². The molecule has 0 radical (unpaired) electrons. The van der Waals surface area contributed by atoms with Crippen LogP contribution < -0.4 is 21.7 Å².